The smallest absolute Gasteiger partial charge is 0.336 e. The SMILES string of the molecule is CC(C)OCCOC1(C(=O)O)CCSC1. The number of thioether (sulfide) groups is 1. The summed E-state index contributed by atoms with van der Waals surface area (Å²) in [5.41, 5.74) is -0.967. The Morgan fingerprint density at radius 2 is 2.27 bits per heavy atom. The second-order valence-corrected chi connectivity index (χ2v) is 4.98. The Morgan fingerprint density at radius 3 is 2.73 bits per heavy atom. The van der Waals surface area contributed by atoms with Crippen molar-refractivity contribution in [2.24, 2.45) is 0 Å². The highest BCUT2D eigenvalue weighted by atomic mass is 32.2. The molecular weight excluding hydrogens is 216 g/mol. The van der Waals surface area contributed by atoms with Gasteiger partial charge in [0.1, 0.15) is 0 Å². The predicted molar refractivity (Wildman–Crippen MR) is 59.3 cm³/mol. The maximum Gasteiger partial charge on any atom is 0.336 e. The first-order chi connectivity index (χ1) is 7.07. The number of hydrogen-bond donors (Lipinski definition) is 1. The first-order valence-electron chi connectivity index (χ1n) is 5.13. The van der Waals surface area contributed by atoms with E-state index in [1.807, 2.05) is 13.8 Å². The zero-order valence-electron chi connectivity index (χ0n) is 9.19. The van der Waals surface area contributed by atoms with Crippen molar-refractivity contribution in [1.82, 2.24) is 0 Å². The van der Waals surface area contributed by atoms with Crippen molar-refractivity contribution in [2.75, 3.05) is 24.7 Å². The molecule has 1 fully saturated rings. The molecule has 0 radical (unpaired) electrons. The van der Waals surface area contributed by atoms with Gasteiger partial charge in [-0.3, -0.25) is 0 Å². The molecule has 1 unspecified atom stereocenters. The van der Waals surface area contributed by atoms with Crippen LogP contribution >= 0.6 is 11.8 Å². The molecule has 0 amide bonds. The number of hydrogen-bond acceptors (Lipinski definition) is 4. The fourth-order valence-corrected chi connectivity index (χ4v) is 2.71. The highest BCUT2D eigenvalue weighted by molar-refractivity contribution is 7.99. The third kappa shape index (κ3) is 3.66. The lowest BCUT2D eigenvalue weighted by atomic mass is 10.0. The van der Waals surface area contributed by atoms with Crippen molar-refractivity contribution in [3.05, 3.63) is 0 Å². The van der Waals surface area contributed by atoms with Crippen LogP contribution in [0.15, 0.2) is 0 Å². The Kier molecular flexibility index (Phi) is 4.89. The molecule has 1 aliphatic rings. The zero-order chi connectivity index (χ0) is 11.3. The van der Waals surface area contributed by atoms with E-state index in [1.165, 1.54) is 0 Å². The summed E-state index contributed by atoms with van der Waals surface area (Å²) in [4.78, 5) is 11.1. The van der Waals surface area contributed by atoms with Gasteiger partial charge in [-0.05, 0) is 26.0 Å². The molecule has 1 aliphatic heterocycles. The Bertz CT molecular complexity index is 211. The van der Waals surface area contributed by atoms with E-state index in [4.69, 9.17) is 14.6 Å². The van der Waals surface area contributed by atoms with Crippen molar-refractivity contribution >= 4 is 17.7 Å². The molecule has 4 nitrogen and oxygen atoms in total. The molecule has 5 heteroatoms. The van der Waals surface area contributed by atoms with Crippen LogP contribution in [0.3, 0.4) is 0 Å². The molecule has 0 aromatic heterocycles. The molecule has 88 valence electrons. The lowest BCUT2D eigenvalue weighted by Crippen LogP contribution is -2.42. The van der Waals surface area contributed by atoms with Crippen LogP contribution in [0.2, 0.25) is 0 Å². The molecule has 1 saturated heterocycles. The maximum atomic E-state index is 11.1. The van der Waals surface area contributed by atoms with Crippen LogP contribution in [0, 0.1) is 0 Å². The van der Waals surface area contributed by atoms with Gasteiger partial charge in [-0.2, -0.15) is 11.8 Å². The summed E-state index contributed by atoms with van der Waals surface area (Å²) in [6, 6.07) is 0. The molecule has 0 bridgehead atoms. The van der Waals surface area contributed by atoms with Gasteiger partial charge in [-0.15, -0.1) is 0 Å². The summed E-state index contributed by atoms with van der Waals surface area (Å²) in [6.45, 7) is 4.69. The minimum Gasteiger partial charge on any atom is -0.479 e. The van der Waals surface area contributed by atoms with Gasteiger partial charge in [0.15, 0.2) is 5.60 Å². The standard InChI is InChI=1S/C10H18O4S/c1-8(2)13-4-5-14-10(9(11)12)3-6-15-7-10/h8H,3-7H2,1-2H3,(H,11,12). The van der Waals surface area contributed by atoms with Gasteiger partial charge in [0.05, 0.1) is 19.3 Å². The summed E-state index contributed by atoms with van der Waals surface area (Å²) >= 11 is 1.63. The van der Waals surface area contributed by atoms with E-state index in [0.717, 1.165) is 5.75 Å². The molecule has 0 saturated carbocycles. The number of carboxylic acids is 1. The van der Waals surface area contributed by atoms with Crippen molar-refractivity contribution in [2.45, 2.75) is 32.0 Å². The van der Waals surface area contributed by atoms with Crippen LogP contribution in [0.5, 0.6) is 0 Å². The number of rotatable bonds is 6. The first-order valence-corrected chi connectivity index (χ1v) is 6.29. The molecule has 0 aliphatic carbocycles. The first kappa shape index (κ1) is 12.8. The minimum atomic E-state index is -0.967. The maximum absolute atomic E-state index is 11.1. The van der Waals surface area contributed by atoms with Crippen molar-refractivity contribution < 1.29 is 19.4 Å². The molecule has 1 atom stereocenters. The highest BCUT2D eigenvalue weighted by Crippen LogP contribution is 2.31. The third-order valence-corrected chi connectivity index (χ3v) is 3.45. The second-order valence-electron chi connectivity index (χ2n) is 3.87. The fourth-order valence-electron chi connectivity index (χ4n) is 1.41. The van der Waals surface area contributed by atoms with Crippen LogP contribution in [0.25, 0.3) is 0 Å². The minimum absolute atomic E-state index is 0.160. The molecule has 0 spiro atoms. The molecule has 0 aromatic rings. The van der Waals surface area contributed by atoms with Gasteiger partial charge >= 0.3 is 5.97 Å². The van der Waals surface area contributed by atoms with E-state index in [0.29, 0.717) is 25.4 Å². The normalized spacial score (nSPS) is 26.1. The topological polar surface area (TPSA) is 55.8 Å². The van der Waals surface area contributed by atoms with Gasteiger partial charge in [-0.25, -0.2) is 4.79 Å². The summed E-state index contributed by atoms with van der Waals surface area (Å²) in [5.74, 6) is 0.554. The fraction of sp³-hybridized carbons (Fsp3) is 0.900. The van der Waals surface area contributed by atoms with Gasteiger partial charge in [0.2, 0.25) is 0 Å². The molecule has 1 rings (SSSR count). The van der Waals surface area contributed by atoms with Crippen LogP contribution < -0.4 is 0 Å². The van der Waals surface area contributed by atoms with Crippen molar-refractivity contribution in [1.29, 1.82) is 0 Å². The number of carboxylic acid groups (broad SMARTS) is 1. The highest BCUT2D eigenvalue weighted by Gasteiger charge is 2.42. The Labute approximate surface area is 94.3 Å². The van der Waals surface area contributed by atoms with E-state index in [2.05, 4.69) is 0 Å². The van der Waals surface area contributed by atoms with Crippen molar-refractivity contribution in [3.8, 4) is 0 Å². The largest absolute Gasteiger partial charge is 0.479 e. The second kappa shape index (κ2) is 5.72. The van der Waals surface area contributed by atoms with Crippen LogP contribution in [-0.2, 0) is 14.3 Å². The molecule has 15 heavy (non-hydrogen) atoms. The molecule has 1 N–H and O–H groups in total. The lowest BCUT2D eigenvalue weighted by Gasteiger charge is -2.23. The molecule has 0 aromatic carbocycles. The Balaban J connectivity index is 2.30. The summed E-state index contributed by atoms with van der Waals surface area (Å²) < 4.78 is 10.8. The quantitative estimate of drug-likeness (QED) is 0.704. The number of carbonyl (C=O) groups is 1. The van der Waals surface area contributed by atoms with Gasteiger partial charge in [0.25, 0.3) is 0 Å². The van der Waals surface area contributed by atoms with E-state index in [1.54, 1.807) is 11.8 Å². The predicted octanol–water partition coefficient (Wildman–Crippen LogP) is 1.39. The van der Waals surface area contributed by atoms with Gasteiger partial charge < -0.3 is 14.6 Å². The van der Waals surface area contributed by atoms with E-state index >= 15 is 0 Å². The number of aliphatic carboxylic acids is 1. The van der Waals surface area contributed by atoms with Crippen LogP contribution in [0.1, 0.15) is 20.3 Å². The monoisotopic (exact) mass is 234 g/mol. The van der Waals surface area contributed by atoms with Crippen LogP contribution in [0.4, 0.5) is 0 Å². The van der Waals surface area contributed by atoms with Crippen molar-refractivity contribution in [3.63, 3.8) is 0 Å². The zero-order valence-corrected chi connectivity index (χ0v) is 10.0. The van der Waals surface area contributed by atoms with E-state index < -0.39 is 11.6 Å². The Morgan fingerprint density at radius 1 is 1.53 bits per heavy atom. The van der Waals surface area contributed by atoms with E-state index in [9.17, 15) is 4.79 Å². The third-order valence-electron chi connectivity index (χ3n) is 2.29. The summed E-state index contributed by atoms with van der Waals surface area (Å²) in [5, 5.41) is 9.09. The van der Waals surface area contributed by atoms with E-state index in [-0.39, 0.29) is 6.10 Å². The average Bonchev–Trinajstić information content (AvgIpc) is 2.62. The summed E-state index contributed by atoms with van der Waals surface area (Å²) in [6.07, 6.45) is 0.752. The summed E-state index contributed by atoms with van der Waals surface area (Å²) in [7, 11) is 0. The van der Waals surface area contributed by atoms with Gasteiger partial charge in [0, 0.05) is 5.75 Å². The Hall–Kier alpha value is -0.260. The van der Waals surface area contributed by atoms with Gasteiger partial charge in [-0.1, -0.05) is 0 Å². The average molecular weight is 234 g/mol. The molecule has 1 heterocycles. The molecular formula is C10H18O4S. The number of ether oxygens (including phenoxy) is 2. The van der Waals surface area contributed by atoms with Crippen LogP contribution in [-0.4, -0.2) is 47.5 Å². The lowest BCUT2D eigenvalue weighted by molar-refractivity contribution is -0.164.